The van der Waals surface area contributed by atoms with Crippen LogP contribution in [0.15, 0.2) is 0 Å². The standard InChI is InChI=1S/C15H33N3/c1-6-8-15(7-2,13-16)18-11-9-17(10-12-18)14(3,4)5/h6-13,16H2,1-5H3. The number of hydrogen-bond donors (Lipinski definition) is 1. The summed E-state index contributed by atoms with van der Waals surface area (Å²) in [5, 5.41) is 0. The third kappa shape index (κ3) is 3.46. The van der Waals surface area contributed by atoms with Crippen LogP contribution in [0.5, 0.6) is 0 Å². The number of nitrogens with two attached hydrogens (primary N) is 1. The van der Waals surface area contributed by atoms with Gasteiger partial charge in [-0.1, -0.05) is 20.3 Å². The minimum atomic E-state index is 0.249. The Morgan fingerprint density at radius 1 is 0.944 bits per heavy atom. The zero-order chi connectivity index (χ0) is 13.8. The van der Waals surface area contributed by atoms with E-state index in [2.05, 4.69) is 44.4 Å². The Balaban J connectivity index is 2.65. The molecule has 108 valence electrons. The Kier molecular flexibility index (Phi) is 5.63. The smallest absolute Gasteiger partial charge is 0.0330 e. The van der Waals surface area contributed by atoms with Crippen LogP contribution >= 0.6 is 0 Å². The zero-order valence-corrected chi connectivity index (χ0v) is 13.1. The Bertz CT molecular complexity index is 233. The second-order valence-electron chi connectivity index (χ2n) is 6.68. The summed E-state index contributed by atoms with van der Waals surface area (Å²) in [5.41, 5.74) is 6.65. The summed E-state index contributed by atoms with van der Waals surface area (Å²) < 4.78 is 0. The summed E-state index contributed by atoms with van der Waals surface area (Å²) in [4.78, 5) is 5.24. The molecule has 1 aliphatic heterocycles. The molecule has 0 aromatic rings. The molecule has 1 heterocycles. The first-order chi connectivity index (χ1) is 8.39. The third-order valence-electron chi connectivity index (χ3n) is 4.65. The lowest BCUT2D eigenvalue weighted by molar-refractivity contribution is -0.00195. The average molecular weight is 255 g/mol. The van der Waals surface area contributed by atoms with Gasteiger partial charge >= 0.3 is 0 Å². The molecule has 0 radical (unpaired) electrons. The van der Waals surface area contributed by atoms with E-state index in [9.17, 15) is 0 Å². The van der Waals surface area contributed by atoms with Crippen molar-refractivity contribution in [1.29, 1.82) is 0 Å². The van der Waals surface area contributed by atoms with Gasteiger partial charge in [0.1, 0.15) is 0 Å². The van der Waals surface area contributed by atoms with E-state index < -0.39 is 0 Å². The highest BCUT2D eigenvalue weighted by Gasteiger charge is 2.36. The van der Waals surface area contributed by atoms with Crippen LogP contribution in [0.4, 0.5) is 0 Å². The summed E-state index contributed by atoms with van der Waals surface area (Å²) in [7, 11) is 0. The number of nitrogens with zero attached hydrogens (tertiary/aromatic N) is 2. The van der Waals surface area contributed by atoms with Gasteiger partial charge in [-0.3, -0.25) is 9.80 Å². The van der Waals surface area contributed by atoms with E-state index in [1.54, 1.807) is 0 Å². The summed E-state index contributed by atoms with van der Waals surface area (Å²) >= 11 is 0. The Morgan fingerprint density at radius 3 is 1.78 bits per heavy atom. The first-order valence-corrected chi connectivity index (χ1v) is 7.60. The summed E-state index contributed by atoms with van der Waals surface area (Å²) in [5.74, 6) is 0. The molecule has 0 aromatic carbocycles. The molecule has 1 fully saturated rings. The van der Waals surface area contributed by atoms with Gasteiger partial charge in [-0.2, -0.15) is 0 Å². The molecule has 3 nitrogen and oxygen atoms in total. The van der Waals surface area contributed by atoms with Gasteiger partial charge in [0.05, 0.1) is 0 Å². The molecule has 0 aliphatic carbocycles. The van der Waals surface area contributed by atoms with E-state index in [4.69, 9.17) is 5.73 Å². The Labute approximate surface area is 114 Å². The predicted molar refractivity (Wildman–Crippen MR) is 79.9 cm³/mol. The van der Waals surface area contributed by atoms with Crippen molar-refractivity contribution in [2.45, 2.75) is 65.0 Å². The quantitative estimate of drug-likeness (QED) is 0.818. The fourth-order valence-electron chi connectivity index (χ4n) is 3.25. The van der Waals surface area contributed by atoms with Crippen molar-refractivity contribution in [2.75, 3.05) is 32.7 Å². The highest BCUT2D eigenvalue weighted by Crippen LogP contribution is 2.27. The molecular formula is C15H33N3. The zero-order valence-electron chi connectivity index (χ0n) is 13.1. The van der Waals surface area contributed by atoms with E-state index in [1.807, 2.05) is 0 Å². The van der Waals surface area contributed by atoms with Crippen LogP contribution in [-0.2, 0) is 0 Å². The van der Waals surface area contributed by atoms with Crippen molar-refractivity contribution in [3.05, 3.63) is 0 Å². The molecular weight excluding hydrogens is 222 g/mol. The molecule has 2 N–H and O–H groups in total. The minimum absolute atomic E-state index is 0.249. The number of rotatable bonds is 5. The van der Waals surface area contributed by atoms with Crippen LogP contribution in [-0.4, -0.2) is 53.6 Å². The maximum Gasteiger partial charge on any atom is 0.0330 e. The van der Waals surface area contributed by atoms with Crippen molar-refractivity contribution in [2.24, 2.45) is 5.73 Å². The molecule has 1 saturated heterocycles. The summed E-state index contributed by atoms with van der Waals surface area (Å²) in [6.45, 7) is 17.0. The lowest BCUT2D eigenvalue weighted by atomic mass is 9.87. The fraction of sp³-hybridized carbons (Fsp3) is 1.00. The van der Waals surface area contributed by atoms with Gasteiger partial charge in [0.15, 0.2) is 0 Å². The second kappa shape index (κ2) is 6.36. The van der Waals surface area contributed by atoms with Crippen LogP contribution in [0.3, 0.4) is 0 Å². The van der Waals surface area contributed by atoms with Crippen molar-refractivity contribution >= 4 is 0 Å². The second-order valence-corrected chi connectivity index (χ2v) is 6.68. The maximum atomic E-state index is 6.10. The fourth-order valence-corrected chi connectivity index (χ4v) is 3.25. The molecule has 1 aliphatic rings. The van der Waals surface area contributed by atoms with Crippen LogP contribution < -0.4 is 5.73 Å². The molecule has 1 unspecified atom stereocenters. The highest BCUT2D eigenvalue weighted by molar-refractivity contribution is 4.94. The number of hydrogen-bond acceptors (Lipinski definition) is 3. The molecule has 0 spiro atoms. The van der Waals surface area contributed by atoms with Gasteiger partial charge in [-0.15, -0.1) is 0 Å². The summed E-state index contributed by atoms with van der Waals surface area (Å²) in [6, 6.07) is 0. The highest BCUT2D eigenvalue weighted by atomic mass is 15.3. The van der Waals surface area contributed by atoms with Gasteiger partial charge in [0.25, 0.3) is 0 Å². The predicted octanol–water partition coefficient (Wildman–Crippen LogP) is 2.31. The van der Waals surface area contributed by atoms with E-state index in [-0.39, 0.29) is 5.54 Å². The van der Waals surface area contributed by atoms with Crippen molar-refractivity contribution in [1.82, 2.24) is 9.80 Å². The Morgan fingerprint density at radius 2 is 1.44 bits per heavy atom. The van der Waals surface area contributed by atoms with Crippen molar-refractivity contribution in [3.8, 4) is 0 Å². The van der Waals surface area contributed by atoms with Crippen LogP contribution in [0.25, 0.3) is 0 Å². The average Bonchev–Trinajstić information content (AvgIpc) is 2.35. The molecule has 3 heteroatoms. The van der Waals surface area contributed by atoms with Crippen LogP contribution in [0.1, 0.15) is 53.9 Å². The first kappa shape index (κ1) is 15.9. The molecule has 18 heavy (non-hydrogen) atoms. The minimum Gasteiger partial charge on any atom is -0.329 e. The largest absolute Gasteiger partial charge is 0.329 e. The molecule has 0 aromatic heterocycles. The lowest BCUT2D eigenvalue weighted by Crippen LogP contribution is -2.62. The van der Waals surface area contributed by atoms with E-state index >= 15 is 0 Å². The van der Waals surface area contributed by atoms with Crippen molar-refractivity contribution < 1.29 is 0 Å². The third-order valence-corrected chi connectivity index (χ3v) is 4.65. The van der Waals surface area contributed by atoms with E-state index in [0.29, 0.717) is 5.54 Å². The first-order valence-electron chi connectivity index (χ1n) is 7.60. The van der Waals surface area contributed by atoms with Crippen LogP contribution in [0, 0.1) is 0 Å². The molecule has 1 atom stereocenters. The maximum absolute atomic E-state index is 6.10. The lowest BCUT2D eigenvalue weighted by Gasteiger charge is -2.50. The molecule has 0 amide bonds. The molecule has 1 rings (SSSR count). The van der Waals surface area contributed by atoms with Gasteiger partial charge in [-0.25, -0.2) is 0 Å². The topological polar surface area (TPSA) is 32.5 Å². The van der Waals surface area contributed by atoms with Gasteiger partial charge < -0.3 is 5.73 Å². The van der Waals surface area contributed by atoms with Gasteiger partial charge in [0.2, 0.25) is 0 Å². The monoisotopic (exact) mass is 255 g/mol. The van der Waals surface area contributed by atoms with E-state index in [1.165, 1.54) is 45.4 Å². The summed E-state index contributed by atoms with van der Waals surface area (Å²) in [6.07, 6.45) is 3.63. The molecule has 0 saturated carbocycles. The molecule has 0 bridgehead atoms. The van der Waals surface area contributed by atoms with Gasteiger partial charge in [-0.05, 0) is 33.6 Å². The SMILES string of the molecule is CCCC(CC)(CN)N1CCN(C(C)(C)C)CC1. The van der Waals surface area contributed by atoms with E-state index in [0.717, 1.165) is 6.54 Å². The Hall–Kier alpha value is -0.120. The van der Waals surface area contributed by atoms with Gasteiger partial charge in [0, 0.05) is 43.8 Å². The number of piperazine rings is 1. The van der Waals surface area contributed by atoms with Crippen molar-refractivity contribution in [3.63, 3.8) is 0 Å². The normalized spacial score (nSPS) is 23.0. The van der Waals surface area contributed by atoms with Crippen LogP contribution in [0.2, 0.25) is 0 Å².